The Bertz CT molecular complexity index is 569. The van der Waals surface area contributed by atoms with Crippen LogP contribution in [-0.4, -0.2) is 10.8 Å². The lowest BCUT2D eigenvalue weighted by Crippen LogP contribution is -2.06. The van der Waals surface area contributed by atoms with Crippen LogP contribution in [0.15, 0.2) is 36.5 Å². The van der Waals surface area contributed by atoms with Gasteiger partial charge in [-0.05, 0) is 30.3 Å². The minimum absolute atomic E-state index is 0.0129. The zero-order valence-corrected chi connectivity index (χ0v) is 9.21. The lowest BCUT2D eigenvalue weighted by molar-refractivity contribution is 0.103. The van der Waals surface area contributed by atoms with Gasteiger partial charge in [0.2, 0.25) is 5.78 Å². The van der Waals surface area contributed by atoms with Crippen molar-refractivity contribution in [3.63, 3.8) is 0 Å². The van der Waals surface area contributed by atoms with Crippen LogP contribution in [0.1, 0.15) is 16.1 Å². The molecule has 0 saturated heterocycles. The van der Waals surface area contributed by atoms with Gasteiger partial charge in [0.25, 0.3) is 0 Å². The molecule has 2 nitrogen and oxygen atoms in total. The lowest BCUT2D eigenvalue weighted by Gasteiger charge is -2.02. The summed E-state index contributed by atoms with van der Waals surface area (Å²) in [5.74, 6) is -2.14. The third kappa shape index (κ3) is 2.47. The molecule has 0 unspecified atom stereocenters. The molecule has 1 aromatic heterocycles. The summed E-state index contributed by atoms with van der Waals surface area (Å²) in [6.45, 7) is 0. The maximum atomic E-state index is 13.3. The van der Waals surface area contributed by atoms with Crippen molar-refractivity contribution < 1.29 is 13.6 Å². The van der Waals surface area contributed by atoms with Crippen LogP contribution in [-0.2, 0) is 0 Å². The van der Waals surface area contributed by atoms with Crippen molar-refractivity contribution in [1.29, 1.82) is 0 Å². The fraction of sp³-hybridized carbons (Fsp3) is 0. The Labute approximate surface area is 101 Å². The van der Waals surface area contributed by atoms with Crippen LogP contribution in [0.5, 0.6) is 0 Å². The van der Waals surface area contributed by atoms with Crippen LogP contribution in [0.25, 0.3) is 0 Å². The number of carbonyl (C=O) groups excluding carboxylic acids is 1. The molecule has 0 N–H and O–H groups in total. The van der Waals surface area contributed by atoms with E-state index in [4.69, 9.17) is 11.6 Å². The first-order valence-electron chi connectivity index (χ1n) is 4.69. The molecule has 0 aliphatic rings. The van der Waals surface area contributed by atoms with E-state index in [0.717, 1.165) is 18.2 Å². The number of rotatable bonds is 2. The number of aromatic nitrogens is 1. The van der Waals surface area contributed by atoms with Gasteiger partial charge in [-0.1, -0.05) is 11.6 Å². The number of halogens is 3. The highest BCUT2D eigenvalue weighted by molar-refractivity contribution is 6.30. The minimum Gasteiger partial charge on any atom is -0.287 e. The number of ketones is 1. The van der Waals surface area contributed by atoms with E-state index in [0.29, 0.717) is 5.02 Å². The summed E-state index contributed by atoms with van der Waals surface area (Å²) >= 11 is 5.61. The van der Waals surface area contributed by atoms with Gasteiger partial charge >= 0.3 is 0 Å². The minimum atomic E-state index is -0.784. The molecular formula is C12H6ClF2NO. The number of benzene rings is 1. The molecule has 0 spiro atoms. The van der Waals surface area contributed by atoms with E-state index in [1.807, 2.05) is 0 Å². The first kappa shape index (κ1) is 11.7. The van der Waals surface area contributed by atoms with Gasteiger partial charge in [0, 0.05) is 6.20 Å². The standard InChI is InChI=1S/C12H6ClF2NO/c13-7-1-4-11(16-6-7)12(17)9-5-8(14)2-3-10(9)15/h1-6H. The number of carbonyl (C=O) groups is 1. The average molecular weight is 254 g/mol. The molecule has 5 heteroatoms. The van der Waals surface area contributed by atoms with E-state index in [1.54, 1.807) is 0 Å². The molecule has 17 heavy (non-hydrogen) atoms. The van der Waals surface area contributed by atoms with Crippen molar-refractivity contribution in [2.75, 3.05) is 0 Å². The molecule has 2 aromatic rings. The maximum absolute atomic E-state index is 13.3. The predicted octanol–water partition coefficient (Wildman–Crippen LogP) is 3.24. The van der Waals surface area contributed by atoms with Gasteiger partial charge in [-0.3, -0.25) is 9.78 Å². The van der Waals surface area contributed by atoms with Gasteiger partial charge in [-0.25, -0.2) is 8.78 Å². The third-order valence-electron chi connectivity index (χ3n) is 2.13. The van der Waals surface area contributed by atoms with Crippen molar-refractivity contribution in [1.82, 2.24) is 4.98 Å². The predicted molar refractivity (Wildman–Crippen MR) is 59.0 cm³/mol. The molecule has 0 aliphatic heterocycles. The van der Waals surface area contributed by atoms with Crippen LogP contribution < -0.4 is 0 Å². The average Bonchev–Trinajstić information content (AvgIpc) is 2.32. The van der Waals surface area contributed by atoms with Gasteiger partial charge in [0.15, 0.2) is 0 Å². The topological polar surface area (TPSA) is 30.0 Å². The molecular weight excluding hydrogens is 248 g/mol. The van der Waals surface area contributed by atoms with E-state index in [9.17, 15) is 13.6 Å². The number of pyridine rings is 1. The van der Waals surface area contributed by atoms with Crippen molar-refractivity contribution in [3.05, 3.63) is 64.4 Å². The summed E-state index contributed by atoms with van der Waals surface area (Å²) < 4.78 is 26.3. The number of hydrogen-bond donors (Lipinski definition) is 0. The molecule has 0 aliphatic carbocycles. The van der Waals surface area contributed by atoms with E-state index in [2.05, 4.69) is 4.98 Å². The molecule has 1 heterocycles. The lowest BCUT2D eigenvalue weighted by atomic mass is 10.1. The fourth-order valence-electron chi connectivity index (χ4n) is 1.32. The Morgan fingerprint density at radius 2 is 1.94 bits per heavy atom. The van der Waals surface area contributed by atoms with Gasteiger partial charge < -0.3 is 0 Å². The van der Waals surface area contributed by atoms with Gasteiger partial charge in [0.05, 0.1) is 10.6 Å². The van der Waals surface area contributed by atoms with Crippen LogP contribution in [0, 0.1) is 11.6 Å². The first-order valence-corrected chi connectivity index (χ1v) is 5.07. The van der Waals surface area contributed by atoms with E-state index < -0.39 is 17.4 Å². The molecule has 0 fully saturated rings. The summed E-state index contributed by atoms with van der Waals surface area (Å²) in [7, 11) is 0. The molecule has 0 bridgehead atoms. The van der Waals surface area contributed by atoms with Crippen LogP contribution in [0.2, 0.25) is 5.02 Å². The van der Waals surface area contributed by atoms with E-state index in [1.165, 1.54) is 18.3 Å². The summed E-state index contributed by atoms with van der Waals surface area (Å²) in [4.78, 5) is 15.6. The van der Waals surface area contributed by atoms with Gasteiger partial charge in [-0.15, -0.1) is 0 Å². The Kier molecular flexibility index (Phi) is 3.15. The van der Waals surface area contributed by atoms with Crippen LogP contribution in [0.3, 0.4) is 0 Å². The first-order chi connectivity index (χ1) is 8.08. The maximum Gasteiger partial charge on any atom is 0.214 e. The van der Waals surface area contributed by atoms with Crippen molar-refractivity contribution in [3.8, 4) is 0 Å². The van der Waals surface area contributed by atoms with Crippen molar-refractivity contribution in [2.45, 2.75) is 0 Å². The molecule has 0 amide bonds. The number of hydrogen-bond acceptors (Lipinski definition) is 2. The summed E-state index contributed by atoms with van der Waals surface area (Å²) in [5.41, 5.74) is -0.335. The highest BCUT2D eigenvalue weighted by atomic mass is 35.5. The normalized spacial score (nSPS) is 10.3. The highest BCUT2D eigenvalue weighted by Gasteiger charge is 2.15. The van der Waals surface area contributed by atoms with Gasteiger partial charge in [-0.2, -0.15) is 0 Å². The molecule has 0 radical (unpaired) electrons. The second kappa shape index (κ2) is 4.59. The quantitative estimate of drug-likeness (QED) is 0.769. The van der Waals surface area contributed by atoms with Crippen LogP contribution >= 0.6 is 11.6 Å². The summed E-state index contributed by atoms with van der Waals surface area (Å²) in [6.07, 6.45) is 1.27. The smallest absolute Gasteiger partial charge is 0.214 e. The third-order valence-corrected chi connectivity index (χ3v) is 2.36. The Hall–Kier alpha value is -1.81. The summed E-state index contributed by atoms with van der Waals surface area (Å²) in [5, 5.41) is 0.362. The SMILES string of the molecule is O=C(c1ccc(Cl)cn1)c1cc(F)ccc1F. The highest BCUT2D eigenvalue weighted by Crippen LogP contribution is 2.15. The largest absolute Gasteiger partial charge is 0.287 e. The number of nitrogens with zero attached hydrogens (tertiary/aromatic N) is 1. The molecule has 2 rings (SSSR count). The van der Waals surface area contributed by atoms with Gasteiger partial charge in [0.1, 0.15) is 17.3 Å². The van der Waals surface area contributed by atoms with Crippen molar-refractivity contribution >= 4 is 17.4 Å². The zero-order valence-electron chi connectivity index (χ0n) is 8.45. The Balaban J connectivity index is 2.43. The monoisotopic (exact) mass is 253 g/mol. The van der Waals surface area contributed by atoms with Crippen LogP contribution in [0.4, 0.5) is 8.78 Å². The second-order valence-electron chi connectivity index (χ2n) is 3.31. The molecule has 0 saturated carbocycles. The van der Waals surface area contributed by atoms with E-state index >= 15 is 0 Å². The molecule has 1 aromatic carbocycles. The molecule has 86 valence electrons. The van der Waals surface area contributed by atoms with Crippen molar-refractivity contribution in [2.24, 2.45) is 0 Å². The zero-order chi connectivity index (χ0) is 12.4. The molecule has 0 atom stereocenters. The van der Waals surface area contributed by atoms with E-state index in [-0.39, 0.29) is 11.3 Å². The fourth-order valence-corrected chi connectivity index (χ4v) is 1.43. The Morgan fingerprint density at radius 1 is 1.18 bits per heavy atom. The second-order valence-corrected chi connectivity index (χ2v) is 3.75. The summed E-state index contributed by atoms with van der Waals surface area (Å²) in [6, 6.07) is 5.50. The Morgan fingerprint density at radius 3 is 2.59 bits per heavy atom.